The van der Waals surface area contributed by atoms with E-state index in [1.807, 2.05) is 19.9 Å². The highest BCUT2D eigenvalue weighted by Crippen LogP contribution is 2.31. The minimum absolute atomic E-state index is 0.102. The lowest BCUT2D eigenvalue weighted by Crippen LogP contribution is -2.14. The molecule has 1 aromatic heterocycles. The SMILES string of the molecule is Cc1cc(C)c(-c2ccco2)c(S(N)(=O)=O)c1. The van der Waals surface area contributed by atoms with E-state index in [0.29, 0.717) is 11.3 Å². The molecule has 0 aliphatic rings. The third kappa shape index (κ3) is 2.25. The topological polar surface area (TPSA) is 73.3 Å². The van der Waals surface area contributed by atoms with E-state index >= 15 is 0 Å². The van der Waals surface area contributed by atoms with Gasteiger partial charge >= 0.3 is 0 Å². The van der Waals surface area contributed by atoms with Crippen molar-refractivity contribution in [2.75, 3.05) is 0 Å². The van der Waals surface area contributed by atoms with Crippen LogP contribution in [0.3, 0.4) is 0 Å². The first-order chi connectivity index (χ1) is 7.89. The molecule has 90 valence electrons. The van der Waals surface area contributed by atoms with Crippen LogP contribution in [0.15, 0.2) is 39.8 Å². The van der Waals surface area contributed by atoms with Crippen LogP contribution in [0.1, 0.15) is 11.1 Å². The molecular weight excluding hydrogens is 238 g/mol. The van der Waals surface area contributed by atoms with Gasteiger partial charge in [0.25, 0.3) is 0 Å². The summed E-state index contributed by atoms with van der Waals surface area (Å²) in [6.07, 6.45) is 1.50. The van der Waals surface area contributed by atoms with Crippen LogP contribution in [-0.2, 0) is 10.0 Å². The number of furan rings is 1. The number of primary sulfonamides is 1. The van der Waals surface area contributed by atoms with Crippen molar-refractivity contribution in [3.63, 3.8) is 0 Å². The zero-order chi connectivity index (χ0) is 12.6. The van der Waals surface area contributed by atoms with E-state index in [1.54, 1.807) is 18.2 Å². The predicted molar refractivity (Wildman–Crippen MR) is 65.0 cm³/mol. The Kier molecular flexibility index (Phi) is 2.81. The van der Waals surface area contributed by atoms with Crippen molar-refractivity contribution < 1.29 is 12.8 Å². The number of aryl methyl sites for hydroxylation is 2. The van der Waals surface area contributed by atoms with Crippen molar-refractivity contribution in [2.24, 2.45) is 5.14 Å². The number of hydrogen-bond acceptors (Lipinski definition) is 3. The largest absolute Gasteiger partial charge is 0.464 e. The van der Waals surface area contributed by atoms with Gasteiger partial charge < -0.3 is 4.42 Å². The van der Waals surface area contributed by atoms with Gasteiger partial charge in [0.15, 0.2) is 0 Å². The molecular formula is C12H13NO3S. The van der Waals surface area contributed by atoms with Crippen molar-refractivity contribution in [3.05, 3.63) is 41.7 Å². The Morgan fingerprint density at radius 1 is 1.24 bits per heavy atom. The molecule has 0 fully saturated rings. The molecule has 0 spiro atoms. The molecule has 2 rings (SSSR count). The number of nitrogens with two attached hydrogens (primary N) is 1. The minimum atomic E-state index is -3.76. The monoisotopic (exact) mass is 251 g/mol. The molecule has 0 aliphatic carbocycles. The molecule has 0 unspecified atom stereocenters. The molecule has 0 radical (unpaired) electrons. The van der Waals surface area contributed by atoms with Crippen LogP contribution in [0.5, 0.6) is 0 Å². The van der Waals surface area contributed by atoms with Gasteiger partial charge in [0.2, 0.25) is 10.0 Å². The summed E-state index contributed by atoms with van der Waals surface area (Å²) >= 11 is 0. The molecule has 2 aromatic rings. The lowest BCUT2D eigenvalue weighted by molar-refractivity contribution is 0.577. The number of rotatable bonds is 2. The van der Waals surface area contributed by atoms with Crippen molar-refractivity contribution in [1.82, 2.24) is 0 Å². The first-order valence-corrected chi connectivity index (χ1v) is 6.62. The second-order valence-electron chi connectivity index (χ2n) is 3.98. The minimum Gasteiger partial charge on any atom is -0.464 e. The first-order valence-electron chi connectivity index (χ1n) is 5.07. The van der Waals surface area contributed by atoms with Crippen LogP contribution < -0.4 is 5.14 Å². The Morgan fingerprint density at radius 3 is 2.47 bits per heavy atom. The summed E-state index contributed by atoms with van der Waals surface area (Å²) in [5.74, 6) is 0.506. The van der Waals surface area contributed by atoms with E-state index in [9.17, 15) is 8.42 Å². The molecule has 0 amide bonds. The van der Waals surface area contributed by atoms with Crippen molar-refractivity contribution in [3.8, 4) is 11.3 Å². The quantitative estimate of drug-likeness (QED) is 0.889. The van der Waals surface area contributed by atoms with E-state index in [1.165, 1.54) is 6.26 Å². The second kappa shape index (κ2) is 4.01. The molecule has 0 aliphatic heterocycles. The normalized spacial score (nSPS) is 11.7. The fourth-order valence-corrected chi connectivity index (χ4v) is 2.79. The second-order valence-corrected chi connectivity index (χ2v) is 5.51. The van der Waals surface area contributed by atoms with Crippen LogP contribution in [0.4, 0.5) is 0 Å². The Labute approximate surface area is 100 Å². The first kappa shape index (κ1) is 11.9. The van der Waals surface area contributed by atoms with Gasteiger partial charge in [-0.3, -0.25) is 0 Å². The van der Waals surface area contributed by atoms with E-state index in [4.69, 9.17) is 9.56 Å². The van der Waals surface area contributed by atoms with Crippen molar-refractivity contribution in [1.29, 1.82) is 0 Å². The van der Waals surface area contributed by atoms with Gasteiger partial charge in [-0.1, -0.05) is 6.07 Å². The highest BCUT2D eigenvalue weighted by Gasteiger charge is 2.19. The Balaban J connectivity index is 2.82. The zero-order valence-corrected chi connectivity index (χ0v) is 10.4. The zero-order valence-electron chi connectivity index (χ0n) is 9.60. The lowest BCUT2D eigenvalue weighted by atomic mass is 10.0. The van der Waals surface area contributed by atoms with Crippen LogP contribution in [0.25, 0.3) is 11.3 Å². The van der Waals surface area contributed by atoms with Crippen LogP contribution in [0.2, 0.25) is 0 Å². The molecule has 4 nitrogen and oxygen atoms in total. The number of sulfonamides is 1. The van der Waals surface area contributed by atoms with Crippen LogP contribution in [-0.4, -0.2) is 8.42 Å². The molecule has 5 heteroatoms. The highest BCUT2D eigenvalue weighted by atomic mass is 32.2. The third-order valence-electron chi connectivity index (χ3n) is 2.52. The maximum Gasteiger partial charge on any atom is 0.238 e. The molecule has 0 saturated carbocycles. The van der Waals surface area contributed by atoms with Gasteiger partial charge in [-0.2, -0.15) is 0 Å². The summed E-state index contributed by atoms with van der Waals surface area (Å²) in [6, 6.07) is 6.88. The molecule has 2 N–H and O–H groups in total. The van der Waals surface area contributed by atoms with Gasteiger partial charge in [0, 0.05) is 5.56 Å². The number of benzene rings is 1. The molecule has 17 heavy (non-hydrogen) atoms. The summed E-state index contributed by atoms with van der Waals surface area (Å²) in [5.41, 5.74) is 2.20. The van der Waals surface area contributed by atoms with E-state index in [-0.39, 0.29) is 4.90 Å². The summed E-state index contributed by atoms with van der Waals surface area (Å²) in [4.78, 5) is 0.102. The fourth-order valence-electron chi connectivity index (χ4n) is 1.89. The average molecular weight is 251 g/mol. The maximum atomic E-state index is 11.6. The van der Waals surface area contributed by atoms with E-state index in [2.05, 4.69) is 0 Å². The average Bonchev–Trinajstić information content (AvgIpc) is 2.67. The number of hydrogen-bond donors (Lipinski definition) is 1. The molecule has 1 heterocycles. The van der Waals surface area contributed by atoms with E-state index < -0.39 is 10.0 Å². The van der Waals surface area contributed by atoms with Gasteiger partial charge in [0.05, 0.1) is 11.2 Å². The third-order valence-corrected chi connectivity index (χ3v) is 3.45. The Bertz CT molecular complexity index is 643. The molecule has 0 atom stereocenters. The highest BCUT2D eigenvalue weighted by molar-refractivity contribution is 7.89. The summed E-state index contributed by atoms with van der Waals surface area (Å²) < 4.78 is 28.4. The summed E-state index contributed by atoms with van der Waals surface area (Å²) in [5, 5.41) is 5.23. The smallest absolute Gasteiger partial charge is 0.238 e. The van der Waals surface area contributed by atoms with Crippen molar-refractivity contribution in [2.45, 2.75) is 18.7 Å². The maximum absolute atomic E-state index is 11.6. The molecule has 0 bridgehead atoms. The van der Waals surface area contributed by atoms with Crippen LogP contribution >= 0.6 is 0 Å². The Morgan fingerprint density at radius 2 is 1.94 bits per heavy atom. The van der Waals surface area contributed by atoms with Crippen molar-refractivity contribution >= 4 is 10.0 Å². The van der Waals surface area contributed by atoms with Gasteiger partial charge in [0.1, 0.15) is 5.76 Å². The summed E-state index contributed by atoms with van der Waals surface area (Å²) in [7, 11) is -3.76. The van der Waals surface area contributed by atoms with Gasteiger partial charge in [-0.15, -0.1) is 0 Å². The van der Waals surface area contributed by atoms with Gasteiger partial charge in [-0.25, -0.2) is 13.6 Å². The molecule has 1 aromatic carbocycles. The standard InChI is InChI=1S/C12H13NO3S/c1-8-6-9(2)12(10-4-3-5-16-10)11(7-8)17(13,14)15/h3-7H,1-2H3,(H2,13,14,15). The van der Waals surface area contributed by atoms with Crippen LogP contribution in [0, 0.1) is 13.8 Å². The van der Waals surface area contributed by atoms with E-state index in [0.717, 1.165) is 11.1 Å². The summed E-state index contributed by atoms with van der Waals surface area (Å²) in [6.45, 7) is 3.66. The lowest BCUT2D eigenvalue weighted by Gasteiger charge is -2.10. The fraction of sp³-hybridized carbons (Fsp3) is 0.167. The predicted octanol–water partition coefficient (Wildman–Crippen LogP) is 2.21. The molecule has 0 saturated heterocycles. The van der Waals surface area contributed by atoms with Gasteiger partial charge in [-0.05, 0) is 43.2 Å². The Hall–Kier alpha value is -1.59.